The number of rotatable bonds is 4. The van der Waals surface area contributed by atoms with E-state index in [1.165, 1.54) is 5.56 Å². The number of nitrogens with zero attached hydrogens (tertiary/aromatic N) is 5. The van der Waals surface area contributed by atoms with Crippen molar-refractivity contribution in [3.63, 3.8) is 0 Å². The van der Waals surface area contributed by atoms with Crippen molar-refractivity contribution in [2.45, 2.75) is 13.8 Å². The summed E-state index contributed by atoms with van der Waals surface area (Å²) in [6, 6.07) is 18.5. The van der Waals surface area contributed by atoms with Gasteiger partial charge in [-0.1, -0.05) is 42.0 Å². The third kappa shape index (κ3) is 3.91. The number of para-hydroxylation sites is 1. The van der Waals surface area contributed by atoms with Crippen molar-refractivity contribution in [1.29, 1.82) is 5.26 Å². The molecule has 0 bridgehead atoms. The van der Waals surface area contributed by atoms with Crippen LogP contribution in [-0.2, 0) is 4.74 Å². The minimum absolute atomic E-state index is 0.479. The highest BCUT2D eigenvalue weighted by atomic mass is 16.5. The lowest BCUT2D eigenvalue weighted by Gasteiger charge is -2.28. The van der Waals surface area contributed by atoms with Gasteiger partial charge in [-0.3, -0.25) is 4.57 Å². The van der Waals surface area contributed by atoms with Crippen molar-refractivity contribution < 1.29 is 4.74 Å². The molecule has 1 aliphatic heterocycles. The van der Waals surface area contributed by atoms with E-state index in [4.69, 9.17) is 4.74 Å². The van der Waals surface area contributed by atoms with Crippen LogP contribution < -0.4 is 4.90 Å². The molecule has 3 aromatic rings. The second kappa shape index (κ2) is 8.29. The second-order valence-corrected chi connectivity index (χ2v) is 7.12. The first kappa shape index (κ1) is 18.9. The molecule has 4 rings (SSSR count). The largest absolute Gasteiger partial charge is 0.378 e. The summed E-state index contributed by atoms with van der Waals surface area (Å²) in [6.45, 7) is 6.91. The van der Waals surface area contributed by atoms with Crippen LogP contribution in [0.5, 0.6) is 0 Å². The maximum Gasteiger partial charge on any atom is 0.232 e. The van der Waals surface area contributed by atoms with E-state index >= 15 is 0 Å². The molecule has 2 heterocycles. The normalized spacial score (nSPS) is 14.7. The Balaban J connectivity index is 1.85. The van der Waals surface area contributed by atoms with Gasteiger partial charge in [0.25, 0.3) is 0 Å². The molecule has 0 radical (unpaired) electrons. The van der Waals surface area contributed by atoms with E-state index in [2.05, 4.69) is 47.1 Å². The molecule has 1 aromatic heterocycles. The quantitative estimate of drug-likeness (QED) is 0.639. The van der Waals surface area contributed by atoms with Gasteiger partial charge in [-0.2, -0.15) is 5.26 Å². The molecule has 2 aromatic carbocycles. The Labute approximate surface area is 170 Å². The Morgan fingerprint density at radius 3 is 2.52 bits per heavy atom. The number of benzene rings is 2. The Morgan fingerprint density at radius 1 is 1.07 bits per heavy atom. The summed E-state index contributed by atoms with van der Waals surface area (Å²) in [5, 5.41) is 18.8. The van der Waals surface area contributed by atoms with Gasteiger partial charge < -0.3 is 9.64 Å². The van der Waals surface area contributed by atoms with Crippen molar-refractivity contribution in [2.75, 3.05) is 31.2 Å². The number of ether oxygens (including phenoxy) is 1. The molecule has 6 heteroatoms. The summed E-state index contributed by atoms with van der Waals surface area (Å²) in [5.74, 6) is 1.27. The van der Waals surface area contributed by atoms with Crippen LogP contribution >= 0.6 is 0 Å². The maximum absolute atomic E-state index is 9.94. The highest BCUT2D eigenvalue weighted by molar-refractivity contribution is 5.88. The molecule has 0 aliphatic carbocycles. The van der Waals surface area contributed by atoms with Crippen molar-refractivity contribution >= 4 is 17.6 Å². The fraction of sp³-hybridized carbons (Fsp3) is 0.261. The fourth-order valence-corrected chi connectivity index (χ4v) is 3.52. The smallest absolute Gasteiger partial charge is 0.232 e. The maximum atomic E-state index is 9.94. The number of hydrogen-bond donors (Lipinski definition) is 0. The van der Waals surface area contributed by atoms with E-state index in [-0.39, 0.29) is 0 Å². The molecule has 29 heavy (non-hydrogen) atoms. The SMILES string of the molecule is Cc1ccc(C=C(C#N)c2nnc(N3CCOCC3)n2-c2ccccc2)c(C)c1. The molecule has 1 aliphatic rings. The van der Waals surface area contributed by atoms with Gasteiger partial charge >= 0.3 is 0 Å². The van der Waals surface area contributed by atoms with Gasteiger partial charge in [0.1, 0.15) is 6.07 Å². The average molecular weight is 385 g/mol. The number of hydrogen-bond acceptors (Lipinski definition) is 5. The first-order valence-electron chi connectivity index (χ1n) is 9.70. The number of nitriles is 1. The molecule has 1 saturated heterocycles. The molecular formula is C23H23N5O. The van der Waals surface area contributed by atoms with E-state index in [0.29, 0.717) is 24.6 Å². The van der Waals surface area contributed by atoms with Crippen LogP contribution in [0, 0.1) is 25.2 Å². The van der Waals surface area contributed by atoms with Crippen LogP contribution in [0.3, 0.4) is 0 Å². The van der Waals surface area contributed by atoms with Gasteiger partial charge in [0.2, 0.25) is 5.95 Å². The highest BCUT2D eigenvalue weighted by Crippen LogP contribution is 2.27. The van der Waals surface area contributed by atoms with Crippen molar-refractivity contribution in [3.8, 4) is 11.8 Å². The molecule has 0 unspecified atom stereocenters. The van der Waals surface area contributed by atoms with Crippen LogP contribution in [0.1, 0.15) is 22.5 Å². The number of allylic oxidation sites excluding steroid dienone is 1. The van der Waals surface area contributed by atoms with Crippen LogP contribution in [0.2, 0.25) is 0 Å². The molecule has 1 fully saturated rings. The molecule has 0 amide bonds. The van der Waals surface area contributed by atoms with E-state index in [1.54, 1.807) is 0 Å². The number of aromatic nitrogens is 3. The summed E-state index contributed by atoms with van der Waals surface area (Å²) < 4.78 is 7.44. The van der Waals surface area contributed by atoms with Gasteiger partial charge in [0, 0.05) is 13.1 Å². The minimum atomic E-state index is 0.479. The van der Waals surface area contributed by atoms with Crippen molar-refractivity contribution in [2.24, 2.45) is 0 Å². The zero-order chi connectivity index (χ0) is 20.2. The van der Waals surface area contributed by atoms with E-state index in [1.807, 2.05) is 47.0 Å². The molecule has 146 valence electrons. The fourth-order valence-electron chi connectivity index (χ4n) is 3.52. The van der Waals surface area contributed by atoms with Crippen LogP contribution in [0.15, 0.2) is 48.5 Å². The molecule has 0 N–H and O–H groups in total. The van der Waals surface area contributed by atoms with E-state index in [0.717, 1.165) is 35.9 Å². The molecule has 6 nitrogen and oxygen atoms in total. The zero-order valence-corrected chi connectivity index (χ0v) is 16.7. The third-order valence-electron chi connectivity index (χ3n) is 5.04. The van der Waals surface area contributed by atoms with Gasteiger partial charge in [0.05, 0.1) is 24.5 Å². The summed E-state index contributed by atoms with van der Waals surface area (Å²) in [6.07, 6.45) is 1.89. The van der Waals surface area contributed by atoms with Crippen LogP contribution in [0.25, 0.3) is 17.3 Å². The van der Waals surface area contributed by atoms with Gasteiger partial charge in [-0.25, -0.2) is 0 Å². The predicted molar refractivity (Wildman–Crippen MR) is 114 cm³/mol. The lowest BCUT2D eigenvalue weighted by molar-refractivity contribution is 0.122. The third-order valence-corrected chi connectivity index (χ3v) is 5.04. The van der Waals surface area contributed by atoms with Crippen molar-refractivity contribution in [3.05, 3.63) is 71.0 Å². The second-order valence-electron chi connectivity index (χ2n) is 7.12. The topological polar surface area (TPSA) is 67.0 Å². The standard InChI is InChI=1S/C23H23N5O/c1-17-8-9-19(18(2)14-17)15-20(16-24)22-25-26-23(27-10-12-29-13-11-27)28(22)21-6-4-3-5-7-21/h3-9,14-15H,10-13H2,1-2H3. The van der Waals surface area contributed by atoms with Crippen LogP contribution in [0.4, 0.5) is 5.95 Å². The number of morpholine rings is 1. The monoisotopic (exact) mass is 385 g/mol. The predicted octanol–water partition coefficient (Wildman–Crippen LogP) is 3.78. The van der Waals surface area contributed by atoms with Gasteiger partial charge in [0.15, 0.2) is 5.82 Å². The van der Waals surface area contributed by atoms with Gasteiger partial charge in [-0.05, 0) is 43.2 Å². The average Bonchev–Trinajstić information content (AvgIpc) is 3.19. The Bertz CT molecular complexity index is 1070. The lowest BCUT2D eigenvalue weighted by atomic mass is 10.0. The Morgan fingerprint density at radius 2 is 1.83 bits per heavy atom. The first-order valence-corrected chi connectivity index (χ1v) is 9.70. The minimum Gasteiger partial charge on any atom is -0.378 e. The molecule has 0 spiro atoms. The molecule has 0 saturated carbocycles. The van der Waals surface area contributed by atoms with E-state index < -0.39 is 0 Å². The Hall–Kier alpha value is -3.43. The summed E-state index contributed by atoms with van der Waals surface area (Å²) in [7, 11) is 0. The summed E-state index contributed by atoms with van der Waals surface area (Å²) in [4.78, 5) is 2.15. The lowest BCUT2D eigenvalue weighted by Crippen LogP contribution is -2.38. The summed E-state index contributed by atoms with van der Waals surface area (Å²) in [5.41, 5.74) is 4.73. The van der Waals surface area contributed by atoms with Gasteiger partial charge in [-0.15, -0.1) is 10.2 Å². The van der Waals surface area contributed by atoms with E-state index in [9.17, 15) is 5.26 Å². The number of aryl methyl sites for hydroxylation is 2. The summed E-state index contributed by atoms with van der Waals surface area (Å²) >= 11 is 0. The van der Waals surface area contributed by atoms with Crippen molar-refractivity contribution in [1.82, 2.24) is 14.8 Å². The van der Waals surface area contributed by atoms with Crippen LogP contribution in [-0.4, -0.2) is 41.1 Å². The molecular weight excluding hydrogens is 362 g/mol. The number of anilines is 1. The highest BCUT2D eigenvalue weighted by Gasteiger charge is 2.23. The Kier molecular flexibility index (Phi) is 5.41. The zero-order valence-electron chi connectivity index (χ0n) is 16.7. The first-order chi connectivity index (χ1) is 14.2. The molecule has 0 atom stereocenters.